The Morgan fingerprint density at radius 1 is 1.26 bits per heavy atom. The Balaban J connectivity index is 0.00000166. The van der Waals surface area contributed by atoms with Gasteiger partial charge in [-0.05, 0) is 30.9 Å². The number of hydrogen-bond donors (Lipinski definition) is 3. The van der Waals surface area contributed by atoms with Gasteiger partial charge in [-0.3, -0.25) is 0 Å². The van der Waals surface area contributed by atoms with Crippen LogP contribution in [0.25, 0.3) is 0 Å². The van der Waals surface area contributed by atoms with E-state index in [1.54, 1.807) is 6.20 Å². The Bertz CT molecular complexity index is 828. The number of anilines is 1. The molecule has 4 N–H and O–H groups in total. The number of ether oxygens (including phenoxy) is 1. The SMILES string of the molecule is CC.CC(CNc1nccc(C2C=CCC(C)C2N)n1)NC(=O)OCc1ccccc1. The van der Waals surface area contributed by atoms with Crippen molar-refractivity contribution in [3.63, 3.8) is 0 Å². The van der Waals surface area contributed by atoms with Crippen LogP contribution in [0.15, 0.2) is 54.7 Å². The second-order valence-corrected chi connectivity index (χ2v) is 7.54. The van der Waals surface area contributed by atoms with Gasteiger partial charge < -0.3 is 21.1 Å². The molecule has 2 aromatic rings. The summed E-state index contributed by atoms with van der Waals surface area (Å²) in [4.78, 5) is 20.8. The lowest BCUT2D eigenvalue weighted by molar-refractivity contribution is 0.137. The Kier molecular flexibility index (Phi) is 9.97. The number of benzene rings is 1. The van der Waals surface area contributed by atoms with Crippen LogP contribution in [0.1, 0.15) is 51.3 Å². The van der Waals surface area contributed by atoms with E-state index in [1.165, 1.54) is 0 Å². The Morgan fingerprint density at radius 2 is 2.00 bits per heavy atom. The van der Waals surface area contributed by atoms with Crippen LogP contribution in [-0.4, -0.2) is 34.7 Å². The number of amides is 1. The smallest absolute Gasteiger partial charge is 0.407 e. The summed E-state index contributed by atoms with van der Waals surface area (Å²) >= 11 is 0. The molecule has 31 heavy (non-hydrogen) atoms. The van der Waals surface area contributed by atoms with Gasteiger partial charge in [0.15, 0.2) is 0 Å². The van der Waals surface area contributed by atoms with Crippen LogP contribution in [0.5, 0.6) is 0 Å². The minimum Gasteiger partial charge on any atom is -0.445 e. The maximum Gasteiger partial charge on any atom is 0.407 e. The predicted octanol–water partition coefficient (Wildman–Crippen LogP) is 4.24. The number of carbonyl (C=O) groups excluding carboxylic acids is 1. The predicted molar refractivity (Wildman–Crippen MR) is 125 cm³/mol. The third-order valence-corrected chi connectivity index (χ3v) is 5.09. The Morgan fingerprint density at radius 3 is 2.74 bits per heavy atom. The highest BCUT2D eigenvalue weighted by molar-refractivity contribution is 5.67. The van der Waals surface area contributed by atoms with E-state index >= 15 is 0 Å². The number of aromatic nitrogens is 2. The number of allylic oxidation sites excluding steroid dienone is 1. The fraction of sp³-hybridized carbons (Fsp3) is 0.458. The summed E-state index contributed by atoms with van der Waals surface area (Å²) in [6.45, 7) is 8.77. The zero-order chi connectivity index (χ0) is 22.6. The number of nitrogens with zero attached hydrogens (tertiary/aromatic N) is 2. The van der Waals surface area contributed by atoms with Gasteiger partial charge in [0.05, 0.1) is 5.69 Å². The first kappa shape index (κ1) is 24.3. The van der Waals surface area contributed by atoms with Crippen molar-refractivity contribution in [2.45, 2.75) is 58.7 Å². The quantitative estimate of drug-likeness (QED) is 0.574. The lowest BCUT2D eigenvalue weighted by atomic mass is 9.81. The first-order valence-electron chi connectivity index (χ1n) is 11.0. The number of nitrogens with two attached hydrogens (primary N) is 1. The Labute approximate surface area is 185 Å². The molecule has 1 amide bonds. The van der Waals surface area contributed by atoms with Crippen molar-refractivity contribution in [3.8, 4) is 0 Å². The van der Waals surface area contributed by atoms with Crippen LogP contribution in [0.3, 0.4) is 0 Å². The van der Waals surface area contributed by atoms with Gasteiger partial charge >= 0.3 is 6.09 Å². The summed E-state index contributed by atoms with van der Waals surface area (Å²) < 4.78 is 5.24. The van der Waals surface area contributed by atoms with E-state index < -0.39 is 6.09 Å². The normalized spacial score (nSPS) is 20.7. The first-order chi connectivity index (χ1) is 15.0. The molecule has 168 valence electrons. The molecule has 0 fully saturated rings. The molecule has 0 radical (unpaired) electrons. The zero-order valence-electron chi connectivity index (χ0n) is 18.9. The van der Waals surface area contributed by atoms with Gasteiger partial charge in [-0.15, -0.1) is 0 Å². The molecule has 1 aromatic heterocycles. The van der Waals surface area contributed by atoms with Gasteiger partial charge in [-0.25, -0.2) is 14.8 Å². The molecular formula is C24H35N5O2. The molecule has 1 heterocycles. The van der Waals surface area contributed by atoms with E-state index in [9.17, 15) is 4.79 Å². The zero-order valence-corrected chi connectivity index (χ0v) is 18.9. The van der Waals surface area contributed by atoms with Gasteiger partial charge in [0.2, 0.25) is 5.95 Å². The topological polar surface area (TPSA) is 102 Å². The second kappa shape index (κ2) is 12.7. The standard InChI is InChI=1S/C22H29N5O2.C2H6/c1-15-7-6-10-18(20(15)23)19-11-12-24-21(27-19)25-13-16(2)26-22(28)29-14-17-8-4-3-5-9-17;1-2/h3-6,8-12,15-16,18,20H,7,13-14,23H2,1-2H3,(H,26,28)(H,24,25,27);1-2H3. The molecule has 1 aliphatic carbocycles. The van der Waals surface area contributed by atoms with Crippen molar-refractivity contribution in [1.82, 2.24) is 15.3 Å². The monoisotopic (exact) mass is 425 g/mol. The van der Waals surface area contributed by atoms with Crippen LogP contribution < -0.4 is 16.4 Å². The van der Waals surface area contributed by atoms with E-state index in [-0.39, 0.29) is 24.6 Å². The molecule has 1 aromatic carbocycles. The third-order valence-electron chi connectivity index (χ3n) is 5.09. The first-order valence-corrected chi connectivity index (χ1v) is 11.0. The molecule has 7 nitrogen and oxygen atoms in total. The molecule has 3 rings (SSSR count). The van der Waals surface area contributed by atoms with Crippen LogP contribution >= 0.6 is 0 Å². The van der Waals surface area contributed by atoms with Gasteiger partial charge in [0.1, 0.15) is 6.61 Å². The van der Waals surface area contributed by atoms with Gasteiger partial charge in [0, 0.05) is 30.7 Å². The summed E-state index contributed by atoms with van der Waals surface area (Å²) in [6.07, 6.45) is 6.57. The lowest BCUT2D eigenvalue weighted by Crippen LogP contribution is -2.38. The summed E-state index contributed by atoms with van der Waals surface area (Å²) in [5, 5.41) is 5.97. The molecule has 0 saturated heterocycles. The highest BCUT2D eigenvalue weighted by Gasteiger charge is 2.26. The van der Waals surface area contributed by atoms with E-state index in [0.29, 0.717) is 18.4 Å². The molecule has 0 aliphatic heterocycles. The average Bonchev–Trinajstić information content (AvgIpc) is 2.80. The molecule has 0 saturated carbocycles. The molecule has 0 bridgehead atoms. The summed E-state index contributed by atoms with van der Waals surface area (Å²) in [6, 6.07) is 11.4. The number of carbonyl (C=O) groups is 1. The van der Waals surface area contributed by atoms with E-state index in [0.717, 1.165) is 17.7 Å². The minimum absolute atomic E-state index is 0.0442. The summed E-state index contributed by atoms with van der Waals surface area (Å²) in [5.41, 5.74) is 8.21. The number of alkyl carbamates (subject to hydrolysis) is 1. The third kappa shape index (κ3) is 7.68. The van der Waals surface area contributed by atoms with Crippen LogP contribution in [0.4, 0.5) is 10.7 Å². The van der Waals surface area contributed by atoms with Gasteiger partial charge in [-0.1, -0.05) is 63.3 Å². The largest absolute Gasteiger partial charge is 0.445 e. The van der Waals surface area contributed by atoms with E-state index in [4.69, 9.17) is 10.5 Å². The highest BCUT2D eigenvalue weighted by Crippen LogP contribution is 2.29. The average molecular weight is 426 g/mol. The summed E-state index contributed by atoms with van der Waals surface area (Å²) in [7, 11) is 0. The van der Waals surface area contributed by atoms with Crippen LogP contribution in [0, 0.1) is 5.92 Å². The second-order valence-electron chi connectivity index (χ2n) is 7.54. The lowest BCUT2D eigenvalue weighted by Gasteiger charge is -2.29. The van der Waals surface area contributed by atoms with E-state index in [2.05, 4.69) is 39.7 Å². The van der Waals surface area contributed by atoms with Crippen molar-refractivity contribution in [2.24, 2.45) is 11.7 Å². The van der Waals surface area contributed by atoms with E-state index in [1.807, 2.05) is 57.2 Å². The molecule has 7 heteroatoms. The maximum absolute atomic E-state index is 12.0. The van der Waals surface area contributed by atoms with Crippen LogP contribution in [-0.2, 0) is 11.3 Å². The fourth-order valence-electron chi connectivity index (χ4n) is 3.28. The number of nitrogens with one attached hydrogen (secondary N) is 2. The molecule has 4 unspecified atom stereocenters. The Hall–Kier alpha value is -2.93. The van der Waals surface area contributed by atoms with Crippen molar-refractivity contribution >= 4 is 12.0 Å². The number of rotatable bonds is 7. The van der Waals surface area contributed by atoms with Gasteiger partial charge in [-0.2, -0.15) is 0 Å². The van der Waals surface area contributed by atoms with Crippen molar-refractivity contribution in [2.75, 3.05) is 11.9 Å². The molecule has 4 atom stereocenters. The number of hydrogen-bond acceptors (Lipinski definition) is 6. The summed E-state index contributed by atoms with van der Waals surface area (Å²) in [5.74, 6) is 1.03. The molecule has 1 aliphatic rings. The van der Waals surface area contributed by atoms with Gasteiger partial charge in [0.25, 0.3) is 0 Å². The highest BCUT2D eigenvalue weighted by atomic mass is 16.5. The molecule has 0 spiro atoms. The van der Waals surface area contributed by atoms with Crippen molar-refractivity contribution in [3.05, 3.63) is 66.0 Å². The van der Waals surface area contributed by atoms with Crippen molar-refractivity contribution < 1.29 is 9.53 Å². The van der Waals surface area contributed by atoms with Crippen LogP contribution in [0.2, 0.25) is 0 Å². The molecular weight excluding hydrogens is 390 g/mol. The maximum atomic E-state index is 12.0. The van der Waals surface area contributed by atoms with Crippen molar-refractivity contribution in [1.29, 1.82) is 0 Å². The minimum atomic E-state index is -0.454. The fourth-order valence-corrected chi connectivity index (χ4v) is 3.28.